The quantitative estimate of drug-likeness (QED) is 0.430. The number of likely N-dealkylation sites (tertiary alicyclic amines) is 1. The highest BCUT2D eigenvalue weighted by atomic mass is 79.9. The summed E-state index contributed by atoms with van der Waals surface area (Å²) in [5.74, 6) is 2.38. The summed E-state index contributed by atoms with van der Waals surface area (Å²) < 4.78 is 23.1. The fraction of sp³-hybridized carbons (Fsp3) is 0.536. The van der Waals surface area contributed by atoms with Gasteiger partial charge in [-0.15, -0.1) is 0 Å². The third-order valence-corrected chi connectivity index (χ3v) is 7.99. The first kappa shape index (κ1) is 27.4. The Kier molecular flexibility index (Phi) is 9.43. The molecule has 2 fully saturated rings. The van der Waals surface area contributed by atoms with Crippen molar-refractivity contribution in [2.75, 3.05) is 59.0 Å². The normalized spacial score (nSPS) is 20.5. The van der Waals surface area contributed by atoms with Crippen LogP contribution in [0.25, 0.3) is 0 Å². The Bertz CT molecular complexity index is 1050. The van der Waals surface area contributed by atoms with Gasteiger partial charge in [-0.3, -0.25) is 4.90 Å². The molecule has 2 aliphatic heterocycles. The minimum absolute atomic E-state index is 0.182. The van der Waals surface area contributed by atoms with Gasteiger partial charge in [0, 0.05) is 55.6 Å². The number of carbonyl (C=O) groups excluding carboxylic acids is 1. The molecular formula is C28H38BrN3O5. The molecule has 0 spiro atoms. The summed E-state index contributed by atoms with van der Waals surface area (Å²) in [7, 11) is 4.99. The monoisotopic (exact) mass is 575 g/mol. The maximum Gasteiger partial charge on any atom is 0.409 e. The van der Waals surface area contributed by atoms with Gasteiger partial charge >= 0.3 is 6.09 Å². The van der Waals surface area contributed by atoms with Crippen LogP contribution in [0.2, 0.25) is 0 Å². The molecule has 202 valence electrons. The van der Waals surface area contributed by atoms with Crippen molar-refractivity contribution >= 4 is 27.7 Å². The van der Waals surface area contributed by atoms with E-state index in [1.165, 1.54) is 0 Å². The van der Waals surface area contributed by atoms with Gasteiger partial charge in [0.05, 0.1) is 25.8 Å². The van der Waals surface area contributed by atoms with Gasteiger partial charge in [-0.25, -0.2) is 4.79 Å². The van der Waals surface area contributed by atoms with E-state index in [0.717, 1.165) is 71.9 Å². The van der Waals surface area contributed by atoms with Crippen molar-refractivity contribution in [3.63, 3.8) is 0 Å². The lowest BCUT2D eigenvalue weighted by atomic mass is 10.0. The van der Waals surface area contributed by atoms with Crippen molar-refractivity contribution in [1.29, 1.82) is 0 Å². The number of ether oxygens (including phenoxy) is 4. The van der Waals surface area contributed by atoms with Crippen molar-refractivity contribution in [2.45, 2.75) is 44.8 Å². The molecule has 8 nitrogen and oxygen atoms in total. The van der Waals surface area contributed by atoms with Crippen LogP contribution in [0.5, 0.6) is 17.2 Å². The van der Waals surface area contributed by atoms with Crippen LogP contribution in [-0.4, -0.2) is 82.1 Å². The van der Waals surface area contributed by atoms with E-state index in [-0.39, 0.29) is 18.2 Å². The standard InChI is InChI=1S/C28H38BrN3O5/c1-20-17-31(13-14-32(20)22-8-10-24(34-2)11-9-22)28(33)37-19-23-7-5-6-12-30(23)18-21-15-25(29)27(36-4)16-26(21)35-3/h8-11,15-16,20,23H,5-7,12-14,17-19H2,1-4H3. The lowest BCUT2D eigenvalue weighted by molar-refractivity contribution is 0.0435. The van der Waals surface area contributed by atoms with Crippen molar-refractivity contribution in [2.24, 2.45) is 0 Å². The average Bonchev–Trinajstić information content (AvgIpc) is 2.92. The van der Waals surface area contributed by atoms with E-state index in [1.54, 1.807) is 21.3 Å². The molecule has 1 amide bonds. The number of hydrogen-bond donors (Lipinski definition) is 0. The summed E-state index contributed by atoms with van der Waals surface area (Å²) in [5.41, 5.74) is 2.22. The number of piperazine rings is 1. The van der Waals surface area contributed by atoms with E-state index in [4.69, 9.17) is 18.9 Å². The van der Waals surface area contributed by atoms with Crippen LogP contribution >= 0.6 is 15.9 Å². The smallest absolute Gasteiger partial charge is 0.409 e. The maximum absolute atomic E-state index is 13.0. The lowest BCUT2D eigenvalue weighted by Gasteiger charge is -2.41. The Balaban J connectivity index is 1.33. The minimum Gasteiger partial charge on any atom is -0.497 e. The molecule has 2 atom stereocenters. The molecule has 0 N–H and O–H groups in total. The zero-order valence-electron chi connectivity index (χ0n) is 22.2. The van der Waals surface area contributed by atoms with E-state index in [0.29, 0.717) is 19.7 Å². The number of anilines is 1. The van der Waals surface area contributed by atoms with Crippen LogP contribution in [0.1, 0.15) is 31.7 Å². The third kappa shape index (κ3) is 6.62. The second kappa shape index (κ2) is 12.7. The van der Waals surface area contributed by atoms with Gasteiger partial charge in [0.15, 0.2) is 0 Å². The van der Waals surface area contributed by atoms with E-state index >= 15 is 0 Å². The summed E-state index contributed by atoms with van der Waals surface area (Å²) in [4.78, 5) is 19.6. The van der Waals surface area contributed by atoms with Gasteiger partial charge in [-0.1, -0.05) is 6.42 Å². The molecule has 2 heterocycles. The summed E-state index contributed by atoms with van der Waals surface area (Å²) >= 11 is 3.59. The molecule has 2 aromatic rings. The molecule has 0 radical (unpaired) electrons. The van der Waals surface area contributed by atoms with E-state index in [2.05, 4.69) is 50.9 Å². The fourth-order valence-electron chi connectivity index (χ4n) is 5.26. The molecule has 2 aromatic carbocycles. The van der Waals surface area contributed by atoms with E-state index < -0.39 is 0 Å². The van der Waals surface area contributed by atoms with Crippen LogP contribution in [-0.2, 0) is 11.3 Å². The SMILES string of the molecule is COc1ccc(N2CCN(C(=O)OCC3CCCCN3Cc3cc(Br)c(OC)cc3OC)CC2C)cc1. The number of halogens is 1. The first-order valence-electron chi connectivity index (χ1n) is 12.9. The highest BCUT2D eigenvalue weighted by Gasteiger charge is 2.30. The van der Waals surface area contributed by atoms with Crippen LogP contribution in [0.15, 0.2) is 40.9 Å². The Hall–Kier alpha value is -2.65. The predicted molar refractivity (Wildman–Crippen MR) is 148 cm³/mol. The Morgan fingerprint density at radius 1 is 0.973 bits per heavy atom. The predicted octanol–water partition coefficient (Wildman–Crippen LogP) is 5.18. The van der Waals surface area contributed by atoms with Gasteiger partial charge in [0.2, 0.25) is 0 Å². The van der Waals surface area contributed by atoms with Crippen molar-refractivity contribution in [3.8, 4) is 17.2 Å². The average molecular weight is 577 g/mol. The minimum atomic E-state index is -0.225. The zero-order valence-corrected chi connectivity index (χ0v) is 23.8. The first-order chi connectivity index (χ1) is 17.9. The highest BCUT2D eigenvalue weighted by molar-refractivity contribution is 9.10. The number of methoxy groups -OCH3 is 3. The van der Waals surface area contributed by atoms with Gasteiger partial charge in [-0.05, 0) is 72.6 Å². The molecular weight excluding hydrogens is 538 g/mol. The summed E-state index contributed by atoms with van der Waals surface area (Å²) in [6.07, 6.45) is 3.06. The number of hydrogen-bond acceptors (Lipinski definition) is 7. The van der Waals surface area contributed by atoms with Gasteiger partial charge in [0.25, 0.3) is 0 Å². The van der Waals surface area contributed by atoms with Gasteiger partial charge in [0.1, 0.15) is 23.9 Å². The number of carbonyl (C=O) groups is 1. The second-order valence-electron chi connectivity index (χ2n) is 9.68. The third-order valence-electron chi connectivity index (χ3n) is 7.37. The maximum atomic E-state index is 13.0. The first-order valence-corrected chi connectivity index (χ1v) is 13.7. The van der Waals surface area contributed by atoms with Crippen molar-refractivity contribution in [3.05, 3.63) is 46.4 Å². The number of benzene rings is 2. The number of piperidine rings is 1. The molecule has 2 aliphatic rings. The topological polar surface area (TPSA) is 63.7 Å². The van der Waals surface area contributed by atoms with E-state index in [9.17, 15) is 4.79 Å². The van der Waals surface area contributed by atoms with Crippen molar-refractivity contribution in [1.82, 2.24) is 9.80 Å². The summed E-state index contributed by atoms with van der Waals surface area (Å²) in [6, 6.07) is 12.4. The molecule has 9 heteroatoms. The molecule has 0 aliphatic carbocycles. The number of rotatable bonds is 8. The van der Waals surface area contributed by atoms with E-state index in [1.807, 2.05) is 23.1 Å². The lowest BCUT2D eigenvalue weighted by Crippen LogP contribution is -2.54. The molecule has 4 rings (SSSR count). The molecule has 37 heavy (non-hydrogen) atoms. The summed E-state index contributed by atoms with van der Waals surface area (Å²) in [5, 5.41) is 0. The Morgan fingerprint density at radius 2 is 1.73 bits per heavy atom. The Labute approximate surface area is 228 Å². The Morgan fingerprint density at radius 3 is 2.41 bits per heavy atom. The van der Waals surface area contributed by atoms with Crippen molar-refractivity contribution < 1.29 is 23.7 Å². The summed E-state index contributed by atoms with van der Waals surface area (Å²) in [6.45, 7) is 6.28. The van der Waals surface area contributed by atoms with Gasteiger partial charge < -0.3 is 28.7 Å². The molecule has 0 bridgehead atoms. The number of nitrogens with zero attached hydrogens (tertiary/aromatic N) is 3. The second-order valence-corrected chi connectivity index (χ2v) is 10.5. The van der Waals surface area contributed by atoms with Crippen LogP contribution in [0.3, 0.4) is 0 Å². The largest absolute Gasteiger partial charge is 0.497 e. The van der Waals surface area contributed by atoms with Crippen LogP contribution < -0.4 is 19.1 Å². The molecule has 2 unspecified atom stereocenters. The molecule has 0 saturated carbocycles. The molecule has 2 saturated heterocycles. The van der Waals surface area contributed by atoms with Crippen LogP contribution in [0.4, 0.5) is 10.5 Å². The number of amides is 1. The highest BCUT2D eigenvalue weighted by Crippen LogP contribution is 2.34. The zero-order chi connectivity index (χ0) is 26.4. The fourth-order valence-corrected chi connectivity index (χ4v) is 5.81. The van der Waals surface area contributed by atoms with Crippen LogP contribution in [0, 0.1) is 0 Å². The van der Waals surface area contributed by atoms with Gasteiger partial charge in [-0.2, -0.15) is 0 Å². The molecule has 0 aromatic heterocycles.